The predicted octanol–water partition coefficient (Wildman–Crippen LogP) is 1.55. The molecule has 0 aliphatic carbocycles. The standard InChI is InChI=1S/C17H21N3O3S2/c1-23-15-6-2-14(3-7-15)12-20-17(24)19-11-10-13-4-8-16(9-5-13)25(18,21)22/h2-9H,10-12H2,1H3,(H2,18,21,22)(H2,19,20,24). The zero-order chi connectivity index (χ0) is 18.3. The van der Waals surface area contributed by atoms with Crippen molar-refractivity contribution in [3.8, 4) is 5.75 Å². The molecule has 134 valence electrons. The monoisotopic (exact) mass is 379 g/mol. The molecule has 0 radical (unpaired) electrons. The average Bonchev–Trinajstić information content (AvgIpc) is 2.60. The van der Waals surface area contributed by atoms with Gasteiger partial charge in [0.15, 0.2) is 5.11 Å². The molecule has 8 heteroatoms. The van der Waals surface area contributed by atoms with E-state index in [0.717, 1.165) is 23.3 Å². The summed E-state index contributed by atoms with van der Waals surface area (Å²) in [4.78, 5) is 0.112. The van der Waals surface area contributed by atoms with Gasteiger partial charge >= 0.3 is 0 Å². The Morgan fingerprint density at radius 1 is 1.04 bits per heavy atom. The molecule has 0 atom stereocenters. The Hall–Kier alpha value is -2.16. The lowest BCUT2D eigenvalue weighted by Crippen LogP contribution is -2.35. The number of nitrogens with two attached hydrogens (primary N) is 1. The fraction of sp³-hybridized carbons (Fsp3) is 0.235. The lowest BCUT2D eigenvalue weighted by molar-refractivity contribution is 0.414. The predicted molar refractivity (Wildman–Crippen MR) is 102 cm³/mol. The SMILES string of the molecule is COc1ccc(CNC(=S)NCCc2ccc(S(N)(=O)=O)cc2)cc1. The maximum Gasteiger partial charge on any atom is 0.238 e. The lowest BCUT2D eigenvalue weighted by Gasteiger charge is -2.11. The summed E-state index contributed by atoms with van der Waals surface area (Å²) < 4.78 is 27.5. The van der Waals surface area contributed by atoms with Gasteiger partial charge in [0.1, 0.15) is 5.75 Å². The van der Waals surface area contributed by atoms with E-state index in [-0.39, 0.29) is 4.90 Å². The van der Waals surface area contributed by atoms with Crippen LogP contribution in [-0.4, -0.2) is 27.2 Å². The van der Waals surface area contributed by atoms with Crippen molar-refractivity contribution in [2.24, 2.45) is 5.14 Å². The van der Waals surface area contributed by atoms with Gasteiger partial charge in [-0.3, -0.25) is 0 Å². The Kier molecular flexibility index (Phi) is 6.74. The molecule has 0 heterocycles. The van der Waals surface area contributed by atoms with Crippen LogP contribution in [0.5, 0.6) is 5.75 Å². The second-order valence-electron chi connectivity index (χ2n) is 5.40. The van der Waals surface area contributed by atoms with E-state index < -0.39 is 10.0 Å². The van der Waals surface area contributed by atoms with Crippen LogP contribution in [-0.2, 0) is 23.0 Å². The summed E-state index contributed by atoms with van der Waals surface area (Å²) in [5.74, 6) is 0.818. The highest BCUT2D eigenvalue weighted by Crippen LogP contribution is 2.11. The smallest absolute Gasteiger partial charge is 0.238 e. The van der Waals surface area contributed by atoms with Crippen LogP contribution in [0.15, 0.2) is 53.4 Å². The molecule has 0 amide bonds. The molecule has 25 heavy (non-hydrogen) atoms. The molecule has 0 fully saturated rings. The number of rotatable bonds is 7. The number of thiocarbonyl (C=S) groups is 1. The molecule has 2 aromatic rings. The van der Waals surface area contributed by atoms with Crippen molar-refractivity contribution >= 4 is 27.4 Å². The van der Waals surface area contributed by atoms with E-state index in [4.69, 9.17) is 22.1 Å². The number of primary sulfonamides is 1. The average molecular weight is 380 g/mol. The topological polar surface area (TPSA) is 93.4 Å². The minimum Gasteiger partial charge on any atom is -0.497 e. The molecular formula is C17H21N3O3S2. The van der Waals surface area contributed by atoms with Crippen LogP contribution in [0, 0.1) is 0 Å². The number of hydrogen-bond donors (Lipinski definition) is 3. The van der Waals surface area contributed by atoms with E-state index in [9.17, 15) is 8.42 Å². The molecule has 0 saturated heterocycles. The normalized spacial score (nSPS) is 11.0. The van der Waals surface area contributed by atoms with Crippen molar-refractivity contribution in [1.29, 1.82) is 0 Å². The second kappa shape index (κ2) is 8.80. The third kappa shape index (κ3) is 6.33. The summed E-state index contributed by atoms with van der Waals surface area (Å²) in [5.41, 5.74) is 2.10. The first-order chi connectivity index (χ1) is 11.9. The zero-order valence-electron chi connectivity index (χ0n) is 13.9. The number of benzene rings is 2. The summed E-state index contributed by atoms with van der Waals surface area (Å²) in [5, 5.41) is 11.9. The van der Waals surface area contributed by atoms with Crippen LogP contribution >= 0.6 is 12.2 Å². The van der Waals surface area contributed by atoms with Crippen LogP contribution in [0.25, 0.3) is 0 Å². The highest BCUT2D eigenvalue weighted by molar-refractivity contribution is 7.89. The van der Waals surface area contributed by atoms with E-state index in [2.05, 4.69) is 10.6 Å². The molecular weight excluding hydrogens is 358 g/mol. The zero-order valence-corrected chi connectivity index (χ0v) is 15.5. The van der Waals surface area contributed by atoms with Gasteiger partial charge in [0, 0.05) is 13.1 Å². The van der Waals surface area contributed by atoms with Gasteiger partial charge in [-0.25, -0.2) is 13.6 Å². The van der Waals surface area contributed by atoms with Crippen LogP contribution < -0.4 is 20.5 Å². The Morgan fingerprint density at radius 3 is 2.20 bits per heavy atom. The summed E-state index contributed by atoms with van der Waals surface area (Å²) >= 11 is 5.24. The summed E-state index contributed by atoms with van der Waals surface area (Å²) in [6, 6.07) is 14.3. The van der Waals surface area contributed by atoms with Crippen molar-refractivity contribution in [1.82, 2.24) is 10.6 Å². The molecule has 4 N–H and O–H groups in total. The van der Waals surface area contributed by atoms with Gasteiger partial charge < -0.3 is 15.4 Å². The van der Waals surface area contributed by atoms with Gasteiger partial charge in [-0.2, -0.15) is 0 Å². The molecule has 2 rings (SSSR count). The van der Waals surface area contributed by atoms with E-state index in [1.165, 1.54) is 12.1 Å². The van der Waals surface area contributed by atoms with Crippen molar-refractivity contribution in [2.45, 2.75) is 17.9 Å². The Morgan fingerprint density at radius 2 is 1.64 bits per heavy atom. The highest BCUT2D eigenvalue weighted by atomic mass is 32.2. The van der Waals surface area contributed by atoms with Gasteiger partial charge in [0.2, 0.25) is 10.0 Å². The summed E-state index contributed by atoms with van der Waals surface area (Å²) in [7, 11) is -2.01. The molecule has 2 aromatic carbocycles. The van der Waals surface area contributed by atoms with Crippen molar-refractivity contribution in [3.05, 3.63) is 59.7 Å². The van der Waals surface area contributed by atoms with Gasteiger partial charge in [0.25, 0.3) is 0 Å². The largest absolute Gasteiger partial charge is 0.497 e. The summed E-state index contributed by atoms with van der Waals surface area (Å²) in [6.45, 7) is 1.27. The first kappa shape index (κ1) is 19.2. The van der Waals surface area contributed by atoms with Gasteiger partial charge in [-0.05, 0) is 54.0 Å². The summed E-state index contributed by atoms with van der Waals surface area (Å²) in [6.07, 6.45) is 0.718. The Balaban J connectivity index is 1.72. The van der Waals surface area contributed by atoms with E-state index in [1.54, 1.807) is 19.2 Å². The maximum absolute atomic E-state index is 11.2. The minimum absolute atomic E-state index is 0.112. The van der Waals surface area contributed by atoms with Crippen LogP contribution in [0.2, 0.25) is 0 Å². The van der Waals surface area contributed by atoms with Gasteiger partial charge in [-0.1, -0.05) is 24.3 Å². The van der Waals surface area contributed by atoms with Crippen LogP contribution in [0.1, 0.15) is 11.1 Å². The van der Waals surface area contributed by atoms with Crippen LogP contribution in [0.3, 0.4) is 0 Å². The molecule has 0 aliphatic heterocycles. The Bertz CT molecular complexity index is 804. The molecule has 0 aliphatic rings. The fourth-order valence-corrected chi connectivity index (χ4v) is 2.84. The molecule has 0 bridgehead atoms. The minimum atomic E-state index is -3.65. The van der Waals surface area contributed by atoms with Crippen molar-refractivity contribution < 1.29 is 13.2 Å². The van der Waals surface area contributed by atoms with E-state index in [1.807, 2.05) is 24.3 Å². The quantitative estimate of drug-likeness (QED) is 0.632. The van der Waals surface area contributed by atoms with Crippen LogP contribution in [0.4, 0.5) is 0 Å². The Labute approximate surface area is 153 Å². The number of methoxy groups -OCH3 is 1. The van der Waals surface area contributed by atoms with Crippen molar-refractivity contribution in [2.75, 3.05) is 13.7 Å². The third-order valence-corrected chi connectivity index (χ3v) is 4.78. The van der Waals surface area contributed by atoms with Crippen molar-refractivity contribution in [3.63, 3.8) is 0 Å². The molecule has 0 aromatic heterocycles. The van der Waals surface area contributed by atoms with E-state index in [0.29, 0.717) is 18.2 Å². The van der Waals surface area contributed by atoms with Gasteiger partial charge in [-0.15, -0.1) is 0 Å². The third-order valence-electron chi connectivity index (χ3n) is 3.56. The molecule has 0 spiro atoms. The number of sulfonamides is 1. The first-order valence-corrected chi connectivity index (χ1v) is 9.60. The number of nitrogens with one attached hydrogen (secondary N) is 2. The van der Waals surface area contributed by atoms with E-state index >= 15 is 0 Å². The first-order valence-electron chi connectivity index (χ1n) is 7.65. The molecule has 0 saturated carbocycles. The lowest BCUT2D eigenvalue weighted by atomic mass is 10.1. The molecule has 0 unspecified atom stereocenters. The maximum atomic E-state index is 11.2. The second-order valence-corrected chi connectivity index (χ2v) is 7.37. The van der Waals surface area contributed by atoms with Gasteiger partial charge in [0.05, 0.1) is 12.0 Å². The molecule has 6 nitrogen and oxygen atoms in total. The fourth-order valence-electron chi connectivity index (χ4n) is 2.15. The highest BCUT2D eigenvalue weighted by Gasteiger charge is 2.06. The number of hydrogen-bond acceptors (Lipinski definition) is 4. The number of ether oxygens (including phenoxy) is 1.